The fraction of sp³-hybridized carbons (Fsp3) is 0.200. The Kier molecular flexibility index (Phi) is 4.20. The monoisotopic (exact) mass is 353 g/mol. The van der Waals surface area contributed by atoms with Gasteiger partial charge < -0.3 is 5.73 Å². The molecule has 0 aliphatic heterocycles. The summed E-state index contributed by atoms with van der Waals surface area (Å²) in [6.07, 6.45) is 0. The average molecular weight is 354 g/mol. The van der Waals surface area contributed by atoms with Crippen molar-refractivity contribution in [2.45, 2.75) is 24.5 Å². The standard InChI is InChI=1S/C15H16BrNO2S/c1-10-5-11(2)7-12(6-10)9-20(18,19)15-4-3-13(17)8-14(15)16/h3-8H,9,17H2,1-2H3. The molecule has 0 bridgehead atoms. The third-order valence-corrected chi connectivity index (χ3v) is 5.59. The van der Waals surface area contributed by atoms with Crippen LogP contribution in [0.2, 0.25) is 0 Å². The number of benzene rings is 2. The summed E-state index contributed by atoms with van der Waals surface area (Å²) < 4.78 is 25.5. The van der Waals surface area contributed by atoms with Crippen LogP contribution in [0.5, 0.6) is 0 Å². The van der Waals surface area contributed by atoms with Crippen molar-refractivity contribution >= 4 is 31.5 Å². The zero-order chi connectivity index (χ0) is 14.9. The SMILES string of the molecule is Cc1cc(C)cc(CS(=O)(=O)c2ccc(N)cc2Br)c1. The molecule has 0 unspecified atom stereocenters. The van der Waals surface area contributed by atoms with Crippen LogP contribution in [0.3, 0.4) is 0 Å². The summed E-state index contributed by atoms with van der Waals surface area (Å²) in [5.74, 6) is -0.0158. The van der Waals surface area contributed by atoms with E-state index in [0.717, 1.165) is 16.7 Å². The third-order valence-electron chi connectivity index (χ3n) is 2.93. The van der Waals surface area contributed by atoms with Gasteiger partial charge in [-0.3, -0.25) is 0 Å². The van der Waals surface area contributed by atoms with E-state index >= 15 is 0 Å². The van der Waals surface area contributed by atoms with E-state index in [4.69, 9.17) is 5.73 Å². The molecular weight excluding hydrogens is 338 g/mol. The maximum Gasteiger partial charge on any atom is 0.183 e. The first kappa shape index (κ1) is 15.1. The molecule has 2 rings (SSSR count). The van der Waals surface area contributed by atoms with E-state index in [2.05, 4.69) is 15.9 Å². The van der Waals surface area contributed by atoms with E-state index in [9.17, 15) is 8.42 Å². The van der Waals surface area contributed by atoms with E-state index < -0.39 is 9.84 Å². The van der Waals surface area contributed by atoms with Crippen molar-refractivity contribution in [2.24, 2.45) is 0 Å². The molecule has 20 heavy (non-hydrogen) atoms. The highest BCUT2D eigenvalue weighted by molar-refractivity contribution is 9.10. The Labute approximate surface area is 127 Å². The number of sulfone groups is 1. The molecule has 3 nitrogen and oxygen atoms in total. The number of halogens is 1. The molecule has 2 aromatic rings. The lowest BCUT2D eigenvalue weighted by atomic mass is 10.1. The Morgan fingerprint density at radius 3 is 2.20 bits per heavy atom. The van der Waals surface area contributed by atoms with Gasteiger partial charge in [-0.05, 0) is 53.5 Å². The maximum atomic E-state index is 12.5. The molecule has 0 aromatic heterocycles. The highest BCUT2D eigenvalue weighted by Gasteiger charge is 2.19. The number of anilines is 1. The summed E-state index contributed by atoms with van der Waals surface area (Å²) in [6.45, 7) is 3.92. The molecule has 0 aliphatic carbocycles. The van der Waals surface area contributed by atoms with Crippen molar-refractivity contribution in [3.05, 3.63) is 57.6 Å². The predicted molar refractivity (Wildman–Crippen MR) is 85.4 cm³/mol. The van der Waals surface area contributed by atoms with Gasteiger partial charge in [0.25, 0.3) is 0 Å². The summed E-state index contributed by atoms with van der Waals surface area (Å²) in [7, 11) is -3.40. The van der Waals surface area contributed by atoms with Gasteiger partial charge in [-0.25, -0.2) is 8.42 Å². The minimum atomic E-state index is -3.40. The van der Waals surface area contributed by atoms with Crippen molar-refractivity contribution in [1.82, 2.24) is 0 Å². The summed E-state index contributed by atoms with van der Waals surface area (Å²) in [6, 6.07) is 10.6. The highest BCUT2D eigenvalue weighted by atomic mass is 79.9. The van der Waals surface area contributed by atoms with E-state index in [1.165, 1.54) is 6.07 Å². The van der Waals surface area contributed by atoms with E-state index in [1.54, 1.807) is 12.1 Å². The van der Waals surface area contributed by atoms with Crippen molar-refractivity contribution < 1.29 is 8.42 Å². The third kappa shape index (κ3) is 3.41. The number of nitrogens with two attached hydrogens (primary N) is 1. The highest BCUT2D eigenvalue weighted by Crippen LogP contribution is 2.27. The summed E-state index contributed by atoms with van der Waals surface area (Å²) in [4.78, 5) is 0.269. The summed E-state index contributed by atoms with van der Waals surface area (Å²) in [5.41, 5.74) is 9.09. The summed E-state index contributed by atoms with van der Waals surface area (Å²) in [5, 5.41) is 0. The quantitative estimate of drug-likeness (QED) is 0.857. The number of nitrogen functional groups attached to an aromatic ring is 1. The van der Waals surface area contributed by atoms with Crippen LogP contribution in [0.15, 0.2) is 45.8 Å². The smallest absolute Gasteiger partial charge is 0.183 e. The van der Waals surface area contributed by atoms with Gasteiger partial charge in [-0.1, -0.05) is 29.3 Å². The van der Waals surface area contributed by atoms with Gasteiger partial charge >= 0.3 is 0 Å². The van der Waals surface area contributed by atoms with Crippen LogP contribution in [-0.4, -0.2) is 8.42 Å². The van der Waals surface area contributed by atoms with Crippen molar-refractivity contribution in [1.29, 1.82) is 0 Å². The minimum Gasteiger partial charge on any atom is -0.399 e. The molecule has 2 aromatic carbocycles. The van der Waals surface area contributed by atoms with Crippen LogP contribution in [-0.2, 0) is 15.6 Å². The molecule has 5 heteroatoms. The topological polar surface area (TPSA) is 60.2 Å². The molecule has 0 fully saturated rings. The molecular formula is C15H16BrNO2S. The van der Waals surface area contributed by atoms with Crippen LogP contribution < -0.4 is 5.73 Å². The second kappa shape index (κ2) is 5.58. The van der Waals surface area contributed by atoms with E-state index in [-0.39, 0.29) is 10.6 Å². The zero-order valence-electron chi connectivity index (χ0n) is 11.4. The Bertz CT molecular complexity index is 734. The van der Waals surface area contributed by atoms with Crippen LogP contribution in [0, 0.1) is 13.8 Å². The molecule has 0 spiro atoms. The normalized spacial score (nSPS) is 11.6. The summed E-state index contributed by atoms with van der Waals surface area (Å²) >= 11 is 3.27. The molecule has 0 aliphatic rings. The second-order valence-electron chi connectivity index (χ2n) is 4.94. The van der Waals surface area contributed by atoms with E-state index in [1.807, 2.05) is 32.0 Å². The van der Waals surface area contributed by atoms with Crippen molar-refractivity contribution in [3.8, 4) is 0 Å². The molecule has 2 N–H and O–H groups in total. The molecule has 0 heterocycles. The zero-order valence-corrected chi connectivity index (χ0v) is 13.8. The fourth-order valence-electron chi connectivity index (χ4n) is 2.22. The van der Waals surface area contributed by atoms with Gasteiger partial charge in [0.15, 0.2) is 9.84 Å². The Morgan fingerprint density at radius 1 is 1.05 bits per heavy atom. The second-order valence-corrected chi connectivity index (χ2v) is 7.76. The number of rotatable bonds is 3. The van der Waals surface area contributed by atoms with Gasteiger partial charge in [0.2, 0.25) is 0 Å². The van der Waals surface area contributed by atoms with Gasteiger partial charge in [-0.15, -0.1) is 0 Å². The Morgan fingerprint density at radius 2 is 1.65 bits per heavy atom. The van der Waals surface area contributed by atoms with Crippen molar-refractivity contribution in [3.63, 3.8) is 0 Å². The van der Waals surface area contributed by atoms with Gasteiger partial charge in [0.1, 0.15) is 0 Å². The molecule has 0 atom stereocenters. The van der Waals surface area contributed by atoms with E-state index in [0.29, 0.717) is 10.2 Å². The average Bonchev–Trinajstić information content (AvgIpc) is 2.25. The van der Waals surface area contributed by atoms with Crippen molar-refractivity contribution in [2.75, 3.05) is 5.73 Å². The van der Waals surface area contributed by atoms with Crippen LogP contribution in [0.4, 0.5) is 5.69 Å². The molecule has 0 saturated heterocycles. The number of aryl methyl sites for hydroxylation is 2. The minimum absolute atomic E-state index is 0.0158. The predicted octanol–water partition coefficient (Wildman–Crippen LogP) is 3.62. The van der Waals surface area contributed by atoms with Crippen LogP contribution in [0.1, 0.15) is 16.7 Å². The molecule has 106 valence electrons. The van der Waals surface area contributed by atoms with Gasteiger partial charge in [0, 0.05) is 10.2 Å². The lowest BCUT2D eigenvalue weighted by Gasteiger charge is -2.09. The molecule has 0 amide bonds. The first-order chi connectivity index (χ1) is 9.28. The first-order valence-electron chi connectivity index (χ1n) is 6.13. The first-order valence-corrected chi connectivity index (χ1v) is 8.57. The Balaban J connectivity index is 2.40. The fourth-order valence-corrected chi connectivity index (χ4v) is 4.75. The number of hydrogen-bond donors (Lipinski definition) is 1. The number of hydrogen-bond acceptors (Lipinski definition) is 3. The van der Waals surface area contributed by atoms with Crippen LogP contribution in [0.25, 0.3) is 0 Å². The largest absolute Gasteiger partial charge is 0.399 e. The van der Waals surface area contributed by atoms with Crippen LogP contribution >= 0.6 is 15.9 Å². The van der Waals surface area contributed by atoms with Gasteiger partial charge in [-0.2, -0.15) is 0 Å². The van der Waals surface area contributed by atoms with Gasteiger partial charge in [0.05, 0.1) is 10.6 Å². The Hall–Kier alpha value is -1.33. The lowest BCUT2D eigenvalue weighted by molar-refractivity contribution is 0.595. The molecule has 0 saturated carbocycles. The maximum absolute atomic E-state index is 12.5. The molecule has 0 radical (unpaired) electrons. The lowest BCUT2D eigenvalue weighted by Crippen LogP contribution is -2.06.